The molecule has 0 radical (unpaired) electrons. The summed E-state index contributed by atoms with van der Waals surface area (Å²) in [4.78, 5) is 9.57. The van der Waals surface area contributed by atoms with Gasteiger partial charge in [-0.2, -0.15) is 0 Å². The first kappa shape index (κ1) is 15.3. The summed E-state index contributed by atoms with van der Waals surface area (Å²) in [7, 11) is 2.02. The summed E-state index contributed by atoms with van der Waals surface area (Å²) in [5.41, 5.74) is 4.44. The maximum atomic E-state index is 4.88. The summed E-state index contributed by atoms with van der Waals surface area (Å²) in [6.07, 6.45) is 1.88. The molecular formula is C22H19N3. The second-order valence-corrected chi connectivity index (χ2v) is 6.02. The minimum atomic E-state index is -0.0396. The monoisotopic (exact) mass is 325 g/mol. The van der Waals surface area contributed by atoms with E-state index in [0.29, 0.717) is 0 Å². The molecule has 0 spiro atoms. The van der Waals surface area contributed by atoms with E-state index in [-0.39, 0.29) is 6.04 Å². The molecule has 0 aliphatic heterocycles. The molecule has 0 fully saturated rings. The number of aliphatic imine (C=N–C) groups is 1. The van der Waals surface area contributed by atoms with Gasteiger partial charge in [0.15, 0.2) is 5.82 Å². The second-order valence-electron chi connectivity index (χ2n) is 6.02. The summed E-state index contributed by atoms with van der Waals surface area (Å²) < 4.78 is 2.08. The van der Waals surface area contributed by atoms with E-state index in [2.05, 4.69) is 64.1 Å². The van der Waals surface area contributed by atoms with Gasteiger partial charge in [-0.1, -0.05) is 72.8 Å². The fourth-order valence-corrected chi connectivity index (χ4v) is 3.06. The van der Waals surface area contributed by atoms with Crippen LogP contribution in [0, 0.1) is 0 Å². The van der Waals surface area contributed by atoms with Crippen molar-refractivity contribution in [3.05, 3.63) is 102 Å². The Hall–Kier alpha value is -3.20. The predicted molar refractivity (Wildman–Crippen MR) is 103 cm³/mol. The van der Waals surface area contributed by atoms with E-state index < -0.39 is 0 Å². The summed E-state index contributed by atoms with van der Waals surface area (Å²) in [6.45, 7) is 0. The van der Waals surface area contributed by atoms with Gasteiger partial charge in [0.25, 0.3) is 0 Å². The molecule has 122 valence electrons. The molecule has 3 aromatic carbocycles. The van der Waals surface area contributed by atoms with Gasteiger partial charge in [0.2, 0.25) is 0 Å². The first-order valence-corrected chi connectivity index (χ1v) is 8.37. The lowest BCUT2D eigenvalue weighted by molar-refractivity contribution is 0.868. The topological polar surface area (TPSA) is 30.2 Å². The van der Waals surface area contributed by atoms with Gasteiger partial charge in [0, 0.05) is 7.05 Å². The molecule has 1 aromatic heterocycles. The lowest BCUT2D eigenvalue weighted by atomic mass is 9.99. The van der Waals surface area contributed by atoms with E-state index >= 15 is 0 Å². The second kappa shape index (κ2) is 6.73. The zero-order chi connectivity index (χ0) is 17.1. The highest BCUT2D eigenvalue weighted by Gasteiger charge is 2.12. The van der Waals surface area contributed by atoms with Crippen molar-refractivity contribution in [2.75, 3.05) is 0 Å². The van der Waals surface area contributed by atoms with E-state index in [1.165, 1.54) is 11.1 Å². The van der Waals surface area contributed by atoms with Crippen LogP contribution in [0.15, 0.2) is 89.9 Å². The van der Waals surface area contributed by atoms with Crippen LogP contribution < -0.4 is 0 Å². The number of hydrogen-bond acceptors (Lipinski definition) is 2. The van der Waals surface area contributed by atoms with Crippen molar-refractivity contribution in [1.29, 1.82) is 0 Å². The summed E-state index contributed by atoms with van der Waals surface area (Å²) in [5, 5.41) is 0. The first-order chi connectivity index (χ1) is 12.3. The van der Waals surface area contributed by atoms with Crippen LogP contribution in [0.1, 0.15) is 23.0 Å². The number of nitrogens with zero attached hydrogens (tertiary/aromatic N) is 3. The lowest BCUT2D eigenvalue weighted by Gasteiger charge is -2.13. The van der Waals surface area contributed by atoms with Crippen LogP contribution in [0.4, 0.5) is 0 Å². The van der Waals surface area contributed by atoms with Crippen LogP contribution in [0.2, 0.25) is 0 Å². The molecule has 0 aliphatic rings. The first-order valence-electron chi connectivity index (χ1n) is 8.37. The van der Waals surface area contributed by atoms with Crippen LogP contribution in [-0.2, 0) is 7.05 Å². The number of aryl methyl sites for hydroxylation is 1. The smallest absolute Gasteiger partial charge is 0.151 e. The van der Waals surface area contributed by atoms with Gasteiger partial charge in [0.05, 0.1) is 17.2 Å². The molecule has 1 heterocycles. The highest BCUT2D eigenvalue weighted by molar-refractivity contribution is 5.85. The van der Waals surface area contributed by atoms with Crippen LogP contribution in [-0.4, -0.2) is 15.8 Å². The van der Waals surface area contributed by atoms with Gasteiger partial charge in [0.1, 0.15) is 6.04 Å². The maximum Gasteiger partial charge on any atom is 0.151 e. The van der Waals surface area contributed by atoms with Crippen LogP contribution in [0.5, 0.6) is 0 Å². The van der Waals surface area contributed by atoms with Crippen molar-refractivity contribution in [2.45, 2.75) is 6.04 Å². The minimum Gasteiger partial charge on any atom is -0.326 e. The summed E-state index contributed by atoms with van der Waals surface area (Å²) >= 11 is 0. The third-order valence-corrected chi connectivity index (χ3v) is 4.39. The SMILES string of the molecule is Cn1c(C=NC(c2ccccc2)c2ccccc2)nc2ccccc21. The zero-order valence-corrected chi connectivity index (χ0v) is 14.1. The molecule has 25 heavy (non-hydrogen) atoms. The lowest BCUT2D eigenvalue weighted by Crippen LogP contribution is -2.01. The molecule has 3 heteroatoms. The van der Waals surface area contributed by atoms with E-state index in [1.807, 2.05) is 43.6 Å². The number of hydrogen-bond donors (Lipinski definition) is 0. The van der Waals surface area contributed by atoms with Crippen molar-refractivity contribution >= 4 is 17.2 Å². The highest BCUT2D eigenvalue weighted by atomic mass is 15.1. The van der Waals surface area contributed by atoms with Crippen molar-refractivity contribution in [3.63, 3.8) is 0 Å². The number of imidazole rings is 1. The standard InChI is InChI=1S/C22H19N3/c1-25-20-15-9-8-14-19(20)24-21(25)16-23-22(17-10-4-2-5-11-17)18-12-6-3-7-13-18/h2-16,22H,1H3. The number of aromatic nitrogens is 2. The number of benzene rings is 3. The zero-order valence-electron chi connectivity index (χ0n) is 14.1. The molecule has 4 rings (SSSR count). The molecule has 0 amide bonds. The normalized spacial score (nSPS) is 11.6. The third-order valence-electron chi connectivity index (χ3n) is 4.39. The van der Waals surface area contributed by atoms with Gasteiger partial charge in [-0.05, 0) is 23.3 Å². The number of fused-ring (bicyclic) bond motifs is 1. The van der Waals surface area contributed by atoms with E-state index in [4.69, 9.17) is 4.99 Å². The quantitative estimate of drug-likeness (QED) is 0.497. The number of rotatable bonds is 4. The Balaban J connectivity index is 1.75. The van der Waals surface area contributed by atoms with Crippen molar-refractivity contribution in [3.8, 4) is 0 Å². The molecule has 0 saturated carbocycles. The van der Waals surface area contributed by atoms with Crippen LogP contribution in [0.3, 0.4) is 0 Å². The molecular weight excluding hydrogens is 306 g/mol. The average molecular weight is 325 g/mol. The third kappa shape index (κ3) is 3.09. The summed E-state index contributed by atoms with van der Waals surface area (Å²) in [6, 6.07) is 28.8. The predicted octanol–water partition coefficient (Wildman–Crippen LogP) is 4.78. The van der Waals surface area contributed by atoms with Crippen molar-refractivity contribution < 1.29 is 0 Å². The summed E-state index contributed by atoms with van der Waals surface area (Å²) in [5.74, 6) is 0.859. The van der Waals surface area contributed by atoms with Crippen molar-refractivity contribution in [2.24, 2.45) is 12.0 Å². The van der Waals surface area contributed by atoms with Crippen LogP contribution in [0.25, 0.3) is 11.0 Å². The van der Waals surface area contributed by atoms with Crippen LogP contribution >= 0.6 is 0 Å². The fraction of sp³-hybridized carbons (Fsp3) is 0.0909. The Labute approximate surface area is 147 Å². The fourth-order valence-electron chi connectivity index (χ4n) is 3.06. The highest BCUT2D eigenvalue weighted by Crippen LogP contribution is 2.26. The van der Waals surface area contributed by atoms with Gasteiger partial charge >= 0.3 is 0 Å². The van der Waals surface area contributed by atoms with Crippen molar-refractivity contribution in [1.82, 2.24) is 9.55 Å². The Kier molecular flexibility index (Phi) is 4.13. The largest absolute Gasteiger partial charge is 0.326 e. The molecule has 0 unspecified atom stereocenters. The van der Waals surface area contributed by atoms with E-state index in [0.717, 1.165) is 16.9 Å². The Morgan fingerprint density at radius 1 is 0.800 bits per heavy atom. The number of para-hydroxylation sites is 2. The van der Waals surface area contributed by atoms with E-state index in [9.17, 15) is 0 Å². The van der Waals surface area contributed by atoms with Gasteiger partial charge in [-0.15, -0.1) is 0 Å². The molecule has 3 nitrogen and oxygen atoms in total. The molecule has 0 aliphatic carbocycles. The molecule has 0 N–H and O–H groups in total. The molecule has 4 aromatic rings. The van der Waals surface area contributed by atoms with Gasteiger partial charge < -0.3 is 4.57 Å². The maximum absolute atomic E-state index is 4.88. The van der Waals surface area contributed by atoms with E-state index in [1.54, 1.807) is 0 Å². The Morgan fingerprint density at radius 3 is 1.96 bits per heavy atom. The molecule has 0 atom stereocenters. The van der Waals surface area contributed by atoms with Gasteiger partial charge in [-0.25, -0.2) is 4.98 Å². The molecule has 0 saturated heterocycles. The minimum absolute atomic E-state index is 0.0396. The Morgan fingerprint density at radius 2 is 1.36 bits per heavy atom. The molecule has 0 bridgehead atoms. The Bertz CT molecular complexity index is 962. The van der Waals surface area contributed by atoms with Gasteiger partial charge in [-0.3, -0.25) is 4.99 Å². The average Bonchev–Trinajstić information content (AvgIpc) is 3.00.